The molecule has 1 N–H and O–H groups in total. The molecular formula is C19H22FNO3. The quantitative estimate of drug-likeness (QED) is 0.791. The van der Waals surface area contributed by atoms with Crippen LogP contribution in [0.4, 0.5) is 4.39 Å². The van der Waals surface area contributed by atoms with Crippen LogP contribution in [0.25, 0.3) is 0 Å². The van der Waals surface area contributed by atoms with Gasteiger partial charge < -0.3 is 14.8 Å². The van der Waals surface area contributed by atoms with E-state index in [9.17, 15) is 9.18 Å². The Hall–Kier alpha value is -2.40. The van der Waals surface area contributed by atoms with Gasteiger partial charge in [0.15, 0.2) is 6.61 Å². The molecule has 0 spiro atoms. The van der Waals surface area contributed by atoms with Crippen molar-refractivity contribution >= 4 is 5.97 Å². The summed E-state index contributed by atoms with van der Waals surface area (Å²) in [7, 11) is 1.33. The molecule has 0 aliphatic heterocycles. The van der Waals surface area contributed by atoms with Gasteiger partial charge in [0.1, 0.15) is 11.6 Å². The van der Waals surface area contributed by atoms with Crippen LogP contribution in [0.5, 0.6) is 5.75 Å². The number of ether oxygens (including phenoxy) is 2. The first-order valence-corrected chi connectivity index (χ1v) is 7.75. The molecule has 24 heavy (non-hydrogen) atoms. The molecule has 4 nitrogen and oxygen atoms in total. The fourth-order valence-electron chi connectivity index (χ4n) is 2.54. The summed E-state index contributed by atoms with van der Waals surface area (Å²) in [6, 6.07) is 10.7. The average molecular weight is 331 g/mol. The smallest absolute Gasteiger partial charge is 0.343 e. The maximum Gasteiger partial charge on any atom is 0.343 e. The maximum atomic E-state index is 13.6. The van der Waals surface area contributed by atoms with Crippen LogP contribution in [0, 0.1) is 19.7 Å². The molecule has 0 heterocycles. The summed E-state index contributed by atoms with van der Waals surface area (Å²) in [6.07, 6.45) is 0. The van der Waals surface area contributed by atoms with Gasteiger partial charge in [0.05, 0.1) is 7.11 Å². The zero-order valence-electron chi connectivity index (χ0n) is 14.2. The number of nitrogens with one attached hydrogen (secondary N) is 1. The van der Waals surface area contributed by atoms with Crippen LogP contribution < -0.4 is 10.1 Å². The summed E-state index contributed by atoms with van der Waals surface area (Å²) in [5, 5.41) is 3.24. The molecule has 5 heteroatoms. The minimum absolute atomic E-state index is 0.108. The fraction of sp³-hybridized carbons (Fsp3) is 0.316. The van der Waals surface area contributed by atoms with Crippen molar-refractivity contribution in [2.24, 2.45) is 0 Å². The van der Waals surface area contributed by atoms with Crippen molar-refractivity contribution < 1.29 is 18.7 Å². The van der Waals surface area contributed by atoms with Crippen molar-refractivity contribution in [2.75, 3.05) is 13.7 Å². The second kappa shape index (κ2) is 8.45. The third-order valence-electron chi connectivity index (χ3n) is 3.68. The predicted molar refractivity (Wildman–Crippen MR) is 90.4 cm³/mol. The number of benzene rings is 2. The lowest BCUT2D eigenvalue weighted by molar-refractivity contribution is -0.142. The highest BCUT2D eigenvalue weighted by atomic mass is 19.1. The first-order valence-electron chi connectivity index (χ1n) is 7.75. The van der Waals surface area contributed by atoms with E-state index in [1.54, 1.807) is 12.1 Å². The van der Waals surface area contributed by atoms with Crippen LogP contribution in [0.1, 0.15) is 22.3 Å². The normalized spacial score (nSPS) is 10.5. The molecule has 0 saturated heterocycles. The van der Waals surface area contributed by atoms with Gasteiger partial charge >= 0.3 is 5.97 Å². The van der Waals surface area contributed by atoms with Gasteiger partial charge in [-0.3, -0.25) is 0 Å². The highest BCUT2D eigenvalue weighted by molar-refractivity contribution is 5.71. The number of aryl methyl sites for hydroxylation is 2. The monoisotopic (exact) mass is 331 g/mol. The van der Waals surface area contributed by atoms with Crippen LogP contribution in [0.2, 0.25) is 0 Å². The van der Waals surface area contributed by atoms with E-state index < -0.39 is 5.97 Å². The minimum Gasteiger partial charge on any atom is -0.481 e. The Morgan fingerprint density at radius 1 is 1.12 bits per heavy atom. The van der Waals surface area contributed by atoms with Crippen molar-refractivity contribution in [3.05, 3.63) is 64.5 Å². The van der Waals surface area contributed by atoms with Crippen LogP contribution >= 0.6 is 0 Å². The molecule has 0 radical (unpaired) electrons. The second-order valence-corrected chi connectivity index (χ2v) is 5.62. The van der Waals surface area contributed by atoms with Crippen molar-refractivity contribution in [1.29, 1.82) is 0 Å². The van der Waals surface area contributed by atoms with Crippen molar-refractivity contribution in [1.82, 2.24) is 5.32 Å². The summed E-state index contributed by atoms with van der Waals surface area (Å²) in [4.78, 5) is 11.2. The molecule has 0 saturated carbocycles. The van der Waals surface area contributed by atoms with E-state index >= 15 is 0 Å². The topological polar surface area (TPSA) is 47.6 Å². The molecule has 0 aliphatic rings. The zero-order chi connectivity index (χ0) is 17.5. The summed E-state index contributed by atoms with van der Waals surface area (Å²) < 4.78 is 23.7. The third-order valence-corrected chi connectivity index (χ3v) is 3.68. The molecule has 0 atom stereocenters. The van der Waals surface area contributed by atoms with Crippen LogP contribution in [-0.2, 0) is 22.6 Å². The van der Waals surface area contributed by atoms with Crippen molar-refractivity contribution in [3.63, 3.8) is 0 Å². The lowest BCUT2D eigenvalue weighted by atomic mass is 10.1. The predicted octanol–water partition coefficient (Wildman–Crippen LogP) is 3.28. The first-order chi connectivity index (χ1) is 11.5. The molecule has 0 fully saturated rings. The molecule has 0 unspecified atom stereocenters. The van der Waals surface area contributed by atoms with Gasteiger partial charge in [0.25, 0.3) is 0 Å². The molecule has 0 bridgehead atoms. The fourth-order valence-corrected chi connectivity index (χ4v) is 2.54. The Morgan fingerprint density at radius 2 is 1.79 bits per heavy atom. The maximum absolute atomic E-state index is 13.6. The number of carbonyl (C=O) groups excluding carboxylic acids is 1. The summed E-state index contributed by atoms with van der Waals surface area (Å²) in [6.45, 7) is 4.83. The van der Waals surface area contributed by atoms with E-state index in [-0.39, 0.29) is 12.4 Å². The number of esters is 1. The number of rotatable bonds is 7. The Labute approximate surface area is 141 Å². The molecule has 0 aliphatic carbocycles. The number of hydrogen-bond acceptors (Lipinski definition) is 4. The molecule has 2 aromatic rings. The number of hydrogen-bond donors (Lipinski definition) is 1. The lowest BCUT2D eigenvalue weighted by Gasteiger charge is -2.14. The highest BCUT2D eigenvalue weighted by Crippen LogP contribution is 2.25. The molecule has 128 valence electrons. The molecular weight excluding hydrogens is 309 g/mol. The first kappa shape index (κ1) is 17.9. The summed E-state index contributed by atoms with van der Waals surface area (Å²) in [5.41, 5.74) is 3.61. The Bertz CT molecular complexity index is 693. The molecule has 2 aromatic carbocycles. The van der Waals surface area contributed by atoms with E-state index in [1.165, 1.54) is 13.2 Å². The van der Waals surface area contributed by atoms with Crippen LogP contribution in [-0.4, -0.2) is 19.7 Å². The average Bonchev–Trinajstić information content (AvgIpc) is 2.55. The Kier molecular flexibility index (Phi) is 6.32. The van der Waals surface area contributed by atoms with Gasteiger partial charge in [-0.15, -0.1) is 0 Å². The summed E-state index contributed by atoms with van der Waals surface area (Å²) >= 11 is 0. The van der Waals surface area contributed by atoms with Gasteiger partial charge in [0.2, 0.25) is 0 Å². The number of halogens is 1. The Morgan fingerprint density at radius 3 is 2.42 bits per heavy atom. The van der Waals surface area contributed by atoms with E-state index in [4.69, 9.17) is 4.74 Å². The Balaban J connectivity index is 1.97. The number of methoxy groups -OCH3 is 1. The SMILES string of the molecule is COC(=O)COc1c(C)cc(CNCc2ccccc2F)cc1C. The van der Waals surface area contributed by atoms with E-state index in [0.717, 1.165) is 16.7 Å². The van der Waals surface area contributed by atoms with E-state index in [2.05, 4.69) is 10.1 Å². The zero-order valence-corrected chi connectivity index (χ0v) is 14.2. The van der Waals surface area contributed by atoms with Gasteiger partial charge in [-0.25, -0.2) is 9.18 Å². The van der Waals surface area contributed by atoms with Crippen LogP contribution in [0.15, 0.2) is 36.4 Å². The minimum atomic E-state index is -0.413. The summed E-state index contributed by atoms with van der Waals surface area (Å²) in [5.74, 6) is 0.0756. The number of carbonyl (C=O) groups is 1. The van der Waals surface area contributed by atoms with Crippen molar-refractivity contribution in [2.45, 2.75) is 26.9 Å². The third kappa shape index (κ3) is 4.80. The largest absolute Gasteiger partial charge is 0.481 e. The van der Waals surface area contributed by atoms with Gasteiger partial charge in [-0.1, -0.05) is 30.3 Å². The molecule has 2 rings (SSSR count). The van der Waals surface area contributed by atoms with Gasteiger partial charge in [-0.05, 0) is 36.6 Å². The van der Waals surface area contributed by atoms with Gasteiger partial charge in [0, 0.05) is 18.7 Å². The van der Waals surface area contributed by atoms with Gasteiger partial charge in [-0.2, -0.15) is 0 Å². The molecule has 0 amide bonds. The second-order valence-electron chi connectivity index (χ2n) is 5.62. The highest BCUT2D eigenvalue weighted by Gasteiger charge is 2.09. The molecule has 0 aromatic heterocycles. The van der Waals surface area contributed by atoms with Crippen LogP contribution in [0.3, 0.4) is 0 Å². The standard InChI is InChI=1S/C19H22FNO3/c1-13-8-15(9-14(2)19(13)24-12-18(22)23-3)10-21-11-16-6-4-5-7-17(16)20/h4-9,21H,10-12H2,1-3H3. The van der Waals surface area contributed by atoms with E-state index in [0.29, 0.717) is 24.4 Å². The van der Waals surface area contributed by atoms with E-state index in [1.807, 2.05) is 32.0 Å². The van der Waals surface area contributed by atoms with Crippen molar-refractivity contribution in [3.8, 4) is 5.75 Å². The lowest BCUT2D eigenvalue weighted by Crippen LogP contribution is -2.15.